The SMILES string of the molecule is CC(O)c1nc2ccc(Cl)cc2n1Cc1ccco1. The Morgan fingerprint density at radius 3 is 2.95 bits per heavy atom. The Kier molecular flexibility index (Phi) is 3.05. The van der Waals surface area contributed by atoms with Gasteiger partial charge in [-0.3, -0.25) is 0 Å². The van der Waals surface area contributed by atoms with Crippen LogP contribution in [-0.2, 0) is 6.54 Å². The highest BCUT2D eigenvalue weighted by Crippen LogP contribution is 2.25. The first-order valence-electron chi connectivity index (χ1n) is 6.01. The first kappa shape index (κ1) is 12.3. The van der Waals surface area contributed by atoms with Gasteiger partial charge in [0.05, 0.1) is 23.8 Å². The maximum absolute atomic E-state index is 9.86. The van der Waals surface area contributed by atoms with Gasteiger partial charge < -0.3 is 14.1 Å². The lowest BCUT2D eigenvalue weighted by molar-refractivity contribution is 0.184. The van der Waals surface area contributed by atoms with Crippen molar-refractivity contribution < 1.29 is 9.52 Å². The van der Waals surface area contributed by atoms with Gasteiger partial charge in [0.1, 0.15) is 17.7 Å². The van der Waals surface area contributed by atoms with E-state index in [0.717, 1.165) is 16.8 Å². The number of imidazole rings is 1. The fourth-order valence-corrected chi connectivity index (χ4v) is 2.32. The van der Waals surface area contributed by atoms with Crippen molar-refractivity contribution in [3.8, 4) is 0 Å². The Bertz CT molecular complexity index is 702. The Balaban J connectivity index is 2.18. The van der Waals surface area contributed by atoms with Crippen LogP contribution in [0.25, 0.3) is 11.0 Å². The fourth-order valence-electron chi connectivity index (χ4n) is 2.16. The lowest BCUT2D eigenvalue weighted by Gasteiger charge is -2.09. The van der Waals surface area contributed by atoms with Crippen LogP contribution in [0, 0.1) is 0 Å². The van der Waals surface area contributed by atoms with E-state index in [0.29, 0.717) is 17.4 Å². The molecule has 1 atom stereocenters. The summed E-state index contributed by atoms with van der Waals surface area (Å²) in [6.07, 6.45) is 0.977. The van der Waals surface area contributed by atoms with Crippen LogP contribution in [0.4, 0.5) is 0 Å². The molecule has 1 unspecified atom stereocenters. The minimum atomic E-state index is -0.652. The molecule has 98 valence electrons. The van der Waals surface area contributed by atoms with Crippen LogP contribution in [0.5, 0.6) is 0 Å². The molecule has 1 N–H and O–H groups in total. The summed E-state index contributed by atoms with van der Waals surface area (Å²) in [5.74, 6) is 1.41. The second-order valence-electron chi connectivity index (χ2n) is 4.44. The van der Waals surface area contributed by atoms with Gasteiger partial charge in [0.25, 0.3) is 0 Å². The highest BCUT2D eigenvalue weighted by molar-refractivity contribution is 6.31. The van der Waals surface area contributed by atoms with Crippen molar-refractivity contribution in [2.75, 3.05) is 0 Å². The Hall–Kier alpha value is -1.78. The van der Waals surface area contributed by atoms with Gasteiger partial charge in [-0.05, 0) is 37.3 Å². The maximum atomic E-state index is 9.86. The minimum Gasteiger partial charge on any atom is -0.467 e. The fraction of sp³-hybridized carbons (Fsp3) is 0.214. The number of hydrogen-bond acceptors (Lipinski definition) is 3. The molecule has 0 fully saturated rings. The summed E-state index contributed by atoms with van der Waals surface area (Å²) in [7, 11) is 0. The van der Waals surface area contributed by atoms with Crippen LogP contribution in [0.2, 0.25) is 5.02 Å². The molecule has 0 radical (unpaired) electrons. The molecule has 2 heterocycles. The molecule has 0 aliphatic carbocycles. The monoisotopic (exact) mass is 276 g/mol. The average Bonchev–Trinajstić information content (AvgIpc) is 2.98. The van der Waals surface area contributed by atoms with Crippen molar-refractivity contribution in [2.24, 2.45) is 0 Å². The van der Waals surface area contributed by atoms with E-state index in [1.807, 2.05) is 28.8 Å². The molecule has 2 aromatic heterocycles. The highest BCUT2D eigenvalue weighted by atomic mass is 35.5. The van der Waals surface area contributed by atoms with Gasteiger partial charge in [-0.25, -0.2) is 4.98 Å². The molecule has 0 saturated heterocycles. The number of rotatable bonds is 3. The number of aromatic nitrogens is 2. The standard InChI is InChI=1S/C14H13ClN2O2/c1-9(18)14-16-12-5-4-10(15)7-13(12)17(14)8-11-3-2-6-19-11/h2-7,9,18H,8H2,1H3. The van der Waals surface area contributed by atoms with E-state index in [4.69, 9.17) is 16.0 Å². The van der Waals surface area contributed by atoms with Crippen LogP contribution in [0.1, 0.15) is 24.6 Å². The lowest BCUT2D eigenvalue weighted by atomic mass is 10.3. The molecule has 0 spiro atoms. The quantitative estimate of drug-likeness (QED) is 0.798. The van der Waals surface area contributed by atoms with Crippen LogP contribution in [0.15, 0.2) is 41.0 Å². The van der Waals surface area contributed by atoms with Crippen molar-refractivity contribution in [2.45, 2.75) is 19.6 Å². The number of fused-ring (bicyclic) bond motifs is 1. The normalized spacial score (nSPS) is 13.0. The molecule has 0 amide bonds. The number of halogens is 1. The first-order valence-corrected chi connectivity index (χ1v) is 6.39. The molecular weight excluding hydrogens is 264 g/mol. The predicted octanol–water partition coefficient (Wildman–Crippen LogP) is 3.38. The molecule has 3 aromatic rings. The zero-order valence-corrected chi connectivity index (χ0v) is 11.1. The molecular formula is C14H13ClN2O2. The summed E-state index contributed by atoms with van der Waals surface area (Å²) < 4.78 is 7.28. The lowest BCUT2D eigenvalue weighted by Crippen LogP contribution is -2.07. The topological polar surface area (TPSA) is 51.2 Å². The van der Waals surface area contributed by atoms with Crippen molar-refractivity contribution in [1.29, 1.82) is 0 Å². The second kappa shape index (κ2) is 4.72. The van der Waals surface area contributed by atoms with E-state index in [-0.39, 0.29) is 0 Å². The molecule has 1 aromatic carbocycles. The summed E-state index contributed by atoms with van der Waals surface area (Å²) in [5, 5.41) is 10.5. The van der Waals surface area contributed by atoms with Crippen molar-refractivity contribution in [3.63, 3.8) is 0 Å². The molecule has 0 aliphatic rings. The molecule has 19 heavy (non-hydrogen) atoms. The van der Waals surface area contributed by atoms with E-state index in [1.54, 1.807) is 19.3 Å². The predicted molar refractivity (Wildman–Crippen MR) is 73.2 cm³/mol. The average molecular weight is 277 g/mol. The molecule has 3 rings (SSSR count). The maximum Gasteiger partial charge on any atom is 0.138 e. The number of nitrogens with zero attached hydrogens (tertiary/aromatic N) is 2. The second-order valence-corrected chi connectivity index (χ2v) is 4.88. The van der Waals surface area contributed by atoms with Gasteiger partial charge in [0, 0.05) is 5.02 Å². The number of benzene rings is 1. The minimum absolute atomic E-state index is 0.518. The summed E-state index contributed by atoms with van der Waals surface area (Å²) in [6.45, 7) is 2.21. The largest absolute Gasteiger partial charge is 0.467 e. The summed E-state index contributed by atoms with van der Waals surface area (Å²) in [6, 6.07) is 9.21. The molecule has 0 bridgehead atoms. The van der Waals surface area contributed by atoms with Gasteiger partial charge in [-0.1, -0.05) is 11.6 Å². The van der Waals surface area contributed by atoms with Gasteiger partial charge >= 0.3 is 0 Å². The van der Waals surface area contributed by atoms with E-state index >= 15 is 0 Å². The van der Waals surface area contributed by atoms with Crippen LogP contribution in [0.3, 0.4) is 0 Å². The summed E-state index contributed by atoms with van der Waals surface area (Å²) in [5.41, 5.74) is 1.70. The third-order valence-corrected chi connectivity index (χ3v) is 3.24. The van der Waals surface area contributed by atoms with Gasteiger partial charge in [0.2, 0.25) is 0 Å². The third-order valence-electron chi connectivity index (χ3n) is 3.01. The molecule has 5 heteroatoms. The number of aliphatic hydroxyl groups is 1. The van der Waals surface area contributed by atoms with Gasteiger partial charge in [0.15, 0.2) is 0 Å². The Morgan fingerprint density at radius 1 is 1.42 bits per heavy atom. The van der Waals surface area contributed by atoms with E-state index in [2.05, 4.69) is 4.98 Å². The zero-order chi connectivity index (χ0) is 13.4. The summed E-state index contributed by atoms with van der Waals surface area (Å²) >= 11 is 6.03. The Labute approximate surface area is 115 Å². The van der Waals surface area contributed by atoms with Crippen molar-refractivity contribution >= 4 is 22.6 Å². The van der Waals surface area contributed by atoms with Crippen molar-refractivity contribution in [1.82, 2.24) is 9.55 Å². The van der Waals surface area contributed by atoms with E-state index in [1.165, 1.54) is 0 Å². The Morgan fingerprint density at radius 2 is 2.26 bits per heavy atom. The van der Waals surface area contributed by atoms with Crippen LogP contribution in [-0.4, -0.2) is 14.7 Å². The smallest absolute Gasteiger partial charge is 0.138 e. The van der Waals surface area contributed by atoms with Gasteiger partial charge in [-0.2, -0.15) is 0 Å². The van der Waals surface area contributed by atoms with Crippen LogP contribution < -0.4 is 0 Å². The zero-order valence-electron chi connectivity index (χ0n) is 10.4. The highest BCUT2D eigenvalue weighted by Gasteiger charge is 2.16. The third kappa shape index (κ3) is 2.25. The number of furan rings is 1. The number of aliphatic hydroxyl groups excluding tert-OH is 1. The first-order chi connectivity index (χ1) is 9.15. The molecule has 4 nitrogen and oxygen atoms in total. The van der Waals surface area contributed by atoms with Gasteiger partial charge in [-0.15, -0.1) is 0 Å². The van der Waals surface area contributed by atoms with E-state index in [9.17, 15) is 5.11 Å². The summed E-state index contributed by atoms with van der Waals surface area (Å²) in [4.78, 5) is 4.45. The molecule has 0 aliphatic heterocycles. The molecule has 0 saturated carbocycles. The van der Waals surface area contributed by atoms with Crippen LogP contribution >= 0.6 is 11.6 Å². The van der Waals surface area contributed by atoms with Crippen molar-refractivity contribution in [3.05, 3.63) is 53.2 Å². The number of hydrogen-bond donors (Lipinski definition) is 1. The van der Waals surface area contributed by atoms with E-state index < -0.39 is 6.10 Å².